The molecule has 2 unspecified atom stereocenters. The summed E-state index contributed by atoms with van der Waals surface area (Å²) in [6, 6.07) is 10.2. The van der Waals surface area contributed by atoms with Gasteiger partial charge in [0.05, 0.1) is 12.1 Å². The van der Waals surface area contributed by atoms with Crippen LogP contribution in [-0.4, -0.2) is 70.9 Å². The number of aliphatic hydroxyl groups is 3. The van der Waals surface area contributed by atoms with E-state index < -0.39 is 24.2 Å². The van der Waals surface area contributed by atoms with Crippen molar-refractivity contribution in [2.24, 2.45) is 5.92 Å². The second kappa shape index (κ2) is 8.93. The van der Waals surface area contributed by atoms with Gasteiger partial charge in [0.25, 0.3) is 0 Å². The van der Waals surface area contributed by atoms with Gasteiger partial charge < -0.3 is 20.6 Å². The Labute approximate surface area is 190 Å². The summed E-state index contributed by atoms with van der Waals surface area (Å²) in [6.45, 7) is 1.92. The molecule has 32 heavy (non-hydrogen) atoms. The molecule has 0 radical (unpaired) electrons. The Hall–Kier alpha value is -2.27. The van der Waals surface area contributed by atoms with Gasteiger partial charge in [0.15, 0.2) is 22.1 Å². The minimum atomic E-state index is -1.04. The van der Waals surface area contributed by atoms with E-state index in [2.05, 4.69) is 51.8 Å². The fourth-order valence-electron chi connectivity index (χ4n) is 4.51. The van der Waals surface area contributed by atoms with Crippen molar-refractivity contribution in [3.8, 4) is 0 Å². The number of aromatic nitrogens is 5. The minimum absolute atomic E-state index is 0.191. The Morgan fingerprint density at radius 1 is 1.12 bits per heavy atom. The summed E-state index contributed by atoms with van der Waals surface area (Å²) in [5.41, 5.74) is 2.39. The lowest BCUT2D eigenvalue weighted by Crippen LogP contribution is -2.30. The molecule has 5 rings (SSSR count). The van der Waals surface area contributed by atoms with Crippen molar-refractivity contribution >= 4 is 28.7 Å². The van der Waals surface area contributed by atoms with E-state index in [1.54, 1.807) is 16.4 Å². The van der Waals surface area contributed by atoms with E-state index in [0.29, 0.717) is 34.5 Å². The Balaban J connectivity index is 1.46. The maximum absolute atomic E-state index is 10.6. The van der Waals surface area contributed by atoms with Crippen LogP contribution in [-0.2, 0) is 0 Å². The van der Waals surface area contributed by atoms with Crippen LogP contribution in [0.1, 0.15) is 43.7 Å². The first-order valence-corrected chi connectivity index (χ1v) is 12.1. The van der Waals surface area contributed by atoms with Crippen LogP contribution in [0.2, 0.25) is 0 Å². The molecule has 9 nitrogen and oxygen atoms in total. The van der Waals surface area contributed by atoms with E-state index in [0.717, 1.165) is 18.6 Å². The Morgan fingerprint density at radius 3 is 2.66 bits per heavy atom. The first kappa shape index (κ1) is 21.6. The third kappa shape index (κ3) is 3.96. The first-order chi connectivity index (χ1) is 15.6. The van der Waals surface area contributed by atoms with Crippen molar-refractivity contribution < 1.29 is 15.3 Å². The number of nitrogens with one attached hydrogen (secondary N) is 1. The predicted molar refractivity (Wildman–Crippen MR) is 122 cm³/mol. The van der Waals surface area contributed by atoms with Crippen molar-refractivity contribution in [2.45, 2.75) is 61.6 Å². The number of hydrogen-bond acceptors (Lipinski definition) is 9. The number of nitrogens with zero attached hydrogens (tertiary/aromatic N) is 5. The number of thioether (sulfide) groups is 1. The topological polar surface area (TPSA) is 129 Å². The van der Waals surface area contributed by atoms with Gasteiger partial charge in [-0.2, -0.15) is 0 Å². The molecule has 0 amide bonds. The largest absolute Gasteiger partial charge is 0.396 e. The smallest absolute Gasteiger partial charge is 0.191 e. The maximum Gasteiger partial charge on any atom is 0.191 e. The molecule has 1 aromatic carbocycles. The summed E-state index contributed by atoms with van der Waals surface area (Å²) < 4.78 is 1.59. The molecule has 2 aromatic heterocycles. The summed E-state index contributed by atoms with van der Waals surface area (Å²) in [5.74, 6) is 1.57. The average Bonchev–Trinajstić information content (AvgIpc) is 3.36. The molecule has 0 spiro atoms. The van der Waals surface area contributed by atoms with Crippen LogP contribution in [0, 0.1) is 5.92 Å². The van der Waals surface area contributed by atoms with Crippen molar-refractivity contribution in [1.29, 1.82) is 0 Å². The summed E-state index contributed by atoms with van der Waals surface area (Å²) in [6.07, 6.45) is 0.376. The lowest BCUT2D eigenvalue weighted by molar-refractivity contribution is -0.00512. The molecule has 0 bridgehead atoms. The summed E-state index contributed by atoms with van der Waals surface area (Å²) in [4.78, 5) is 9.41. The van der Waals surface area contributed by atoms with Gasteiger partial charge in [-0.1, -0.05) is 54.2 Å². The van der Waals surface area contributed by atoms with Crippen LogP contribution in [0.5, 0.6) is 0 Å². The standard InChI is InChI=1S/C22H28N6O3S/c1-2-8-32-22-24-20(23-15-10-14(15)12-6-4-3-5-7-12)17-21(25-22)28(27-26-17)16-9-13(11-29)18(30)19(16)31/h3-7,13-16,18-19,29-31H,2,8-11H2,1H3,(H,23,24,25)/t13-,14?,15?,16-,18-,19+/m0/s1. The van der Waals surface area contributed by atoms with Crippen LogP contribution in [0.3, 0.4) is 0 Å². The minimum Gasteiger partial charge on any atom is -0.396 e. The van der Waals surface area contributed by atoms with Crippen LogP contribution in [0.25, 0.3) is 11.2 Å². The highest BCUT2D eigenvalue weighted by molar-refractivity contribution is 7.99. The van der Waals surface area contributed by atoms with Crippen LogP contribution in [0.4, 0.5) is 5.82 Å². The van der Waals surface area contributed by atoms with Crippen molar-refractivity contribution in [3.05, 3.63) is 35.9 Å². The van der Waals surface area contributed by atoms with Crippen LogP contribution >= 0.6 is 11.8 Å². The lowest BCUT2D eigenvalue weighted by Gasteiger charge is -2.17. The Morgan fingerprint density at radius 2 is 1.94 bits per heavy atom. The second-order valence-corrected chi connectivity index (χ2v) is 9.70. The first-order valence-electron chi connectivity index (χ1n) is 11.1. The molecular weight excluding hydrogens is 428 g/mol. The average molecular weight is 457 g/mol. The molecule has 2 aliphatic rings. The molecule has 0 saturated heterocycles. The summed E-state index contributed by atoms with van der Waals surface area (Å²) >= 11 is 1.57. The number of anilines is 1. The van der Waals surface area contributed by atoms with E-state index in [1.807, 2.05) is 6.07 Å². The normalized spacial score (nSPS) is 29.5. The van der Waals surface area contributed by atoms with E-state index in [1.165, 1.54) is 5.56 Å². The summed E-state index contributed by atoms with van der Waals surface area (Å²) in [5, 5.41) is 43.2. The SMILES string of the molecule is CCCSc1nc(NC2CC2c2ccccc2)c2nnn([C@H]3C[C@@H](CO)[C@H](O)[C@@H]3O)c2n1. The highest BCUT2D eigenvalue weighted by atomic mass is 32.2. The van der Waals surface area contributed by atoms with Gasteiger partial charge in [-0.15, -0.1) is 5.10 Å². The van der Waals surface area contributed by atoms with Crippen molar-refractivity contribution in [1.82, 2.24) is 25.0 Å². The molecule has 3 aromatic rings. The quantitative estimate of drug-likeness (QED) is 0.297. The number of fused-ring (bicyclic) bond motifs is 1. The van der Waals surface area contributed by atoms with Crippen molar-refractivity contribution in [3.63, 3.8) is 0 Å². The highest BCUT2D eigenvalue weighted by Crippen LogP contribution is 2.43. The van der Waals surface area contributed by atoms with Gasteiger partial charge in [-0.25, -0.2) is 14.6 Å². The van der Waals surface area contributed by atoms with Gasteiger partial charge in [-0.3, -0.25) is 0 Å². The number of hydrogen-bond donors (Lipinski definition) is 4. The summed E-state index contributed by atoms with van der Waals surface area (Å²) in [7, 11) is 0. The third-order valence-corrected chi connectivity index (χ3v) is 7.45. The maximum atomic E-state index is 10.6. The van der Waals surface area contributed by atoms with Gasteiger partial charge in [-0.05, 0) is 24.8 Å². The molecule has 170 valence electrons. The van der Waals surface area contributed by atoms with E-state index in [-0.39, 0.29) is 12.6 Å². The molecule has 2 heterocycles. The van der Waals surface area contributed by atoms with Gasteiger partial charge in [0.1, 0.15) is 6.10 Å². The molecule has 2 fully saturated rings. The number of aliphatic hydroxyl groups excluding tert-OH is 3. The van der Waals surface area contributed by atoms with Gasteiger partial charge in [0, 0.05) is 30.2 Å². The molecule has 4 N–H and O–H groups in total. The molecule has 0 aliphatic heterocycles. The molecule has 2 saturated carbocycles. The van der Waals surface area contributed by atoms with E-state index in [4.69, 9.17) is 4.98 Å². The second-order valence-electron chi connectivity index (χ2n) is 8.64. The number of benzene rings is 1. The Bertz CT molecular complexity index is 1080. The molecule has 6 atom stereocenters. The van der Waals surface area contributed by atoms with Crippen LogP contribution < -0.4 is 5.32 Å². The lowest BCUT2D eigenvalue weighted by atomic mass is 10.1. The third-order valence-electron chi connectivity index (χ3n) is 6.40. The Kier molecular flexibility index (Phi) is 6.02. The van der Waals surface area contributed by atoms with Gasteiger partial charge in [0.2, 0.25) is 0 Å². The van der Waals surface area contributed by atoms with Crippen LogP contribution in [0.15, 0.2) is 35.5 Å². The predicted octanol–water partition coefficient (Wildman–Crippen LogP) is 1.97. The highest BCUT2D eigenvalue weighted by Gasteiger charge is 2.44. The zero-order valence-corrected chi connectivity index (χ0v) is 18.7. The molecule has 2 aliphatic carbocycles. The molecular formula is C22H28N6O3S. The van der Waals surface area contributed by atoms with E-state index >= 15 is 0 Å². The fraction of sp³-hybridized carbons (Fsp3) is 0.545. The van der Waals surface area contributed by atoms with Crippen molar-refractivity contribution in [2.75, 3.05) is 17.7 Å². The fourth-order valence-corrected chi connectivity index (χ4v) is 5.21. The number of rotatable bonds is 8. The zero-order valence-electron chi connectivity index (χ0n) is 17.9. The zero-order chi connectivity index (χ0) is 22.2. The van der Waals surface area contributed by atoms with E-state index in [9.17, 15) is 15.3 Å². The molecule has 10 heteroatoms. The monoisotopic (exact) mass is 456 g/mol. The van der Waals surface area contributed by atoms with Gasteiger partial charge >= 0.3 is 0 Å².